The first-order valence-corrected chi connectivity index (χ1v) is 10.7. The van der Waals surface area contributed by atoms with Gasteiger partial charge in [0.2, 0.25) is 15.1 Å². The third-order valence-corrected chi connectivity index (χ3v) is 5.53. The van der Waals surface area contributed by atoms with E-state index in [4.69, 9.17) is 16.3 Å². The molecule has 0 radical (unpaired) electrons. The summed E-state index contributed by atoms with van der Waals surface area (Å²) in [5.74, 6) is 0.0208. The SMILES string of the molecule is CCCCCCCCCCCCS(=O)(=O)c1nc(Cl)nc(OC)n1. The van der Waals surface area contributed by atoms with Crippen molar-refractivity contribution in [1.29, 1.82) is 0 Å². The van der Waals surface area contributed by atoms with E-state index >= 15 is 0 Å². The molecule has 0 saturated heterocycles. The Hall–Kier alpha value is -0.950. The first-order valence-electron chi connectivity index (χ1n) is 8.68. The fourth-order valence-corrected chi connectivity index (χ4v) is 3.83. The summed E-state index contributed by atoms with van der Waals surface area (Å²) in [4.78, 5) is 11.1. The number of methoxy groups -OCH3 is 1. The molecule has 0 fully saturated rings. The van der Waals surface area contributed by atoms with Crippen LogP contribution >= 0.6 is 11.6 Å². The zero-order valence-corrected chi connectivity index (χ0v) is 16.2. The first-order chi connectivity index (χ1) is 11.5. The smallest absolute Gasteiger partial charge is 0.321 e. The summed E-state index contributed by atoms with van der Waals surface area (Å²) in [5, 5.41) is -0.487. The second kappa shape index (κ2) is 11.6. The summed E-state index contributed by atoms with van der Waals surface area (Å²) in [6, 6.07) is -0.0864. The lowest BCUT2D eigenvalue weighted by atomic mass is 10.1. The maximum atomic E-state index is 12.2. The minimum atomic E-state index is -3.55. The Labute approximate surface area is 150 Å². The third kappa shape index (κ3) is 8.24. The molecule has 0 saturated carbocycles. The molecule has 0 atom stereocenters. The van der Waals surface area contributed by atoms with Crippen LogP contribution in [-0.2, 0) is 9.84 Å². The number of unbranched alkanes of at least 4 members (excludes halogenated alkanes) is 9. The molecular weight excluding hydrogens is 350 g/mol. The quantitative estimate of drug-likeness (QED) is 0.478. The highest BCUT2D eigenvalue weighted by atomic mass is 35.5. The van der Waals surface area contributed by atoms with Crippen LogP contribution in [0.25, 0.3) is 0 Å². The standard InChI is InChI=1S/C16H28ClN3O3S/c1-3-4-5-6-7-8-9-10-11-12-13-24(21,22)16-19-14(17)18-15(20-16)23-2/h3-13H2,1-2H3. The van der Waals surface area contributed by atoms with E-state index in [9.17, 15) is 8.42 Å². The molecule has 1 aromatic rings. The average Bonchev–Trinajstić information content (AvgIpc) is 2.56. The van der Waals surface area contributed by atoms with Crippen LogP contribution in [0.4, 0.5) is 0 Å². The topological polar surface area (TPSA) is 82.0 Å². The van der Waals surface area contributed by atoms with E-state index in [1.807, 2.05) is 0 Å². The lowest BCUT2D eigenvalue weighted by Gasteiger charge is -2.05. The molecular formula is C16H28ClN3O3S. The second-order valence-electron chi connectivity index (χ2n) is 5.87. The Morgan fingerprint density at radius 2 is 1.42 bits per heavy atom. The number of halogens is 1. The minimum Gasteiger partial charge on any atom is -0.467 e. The highest BCUT2D eigenvalue weighted by Crippen LogP contribution is 2.15. The van der Waals surface area contributed by atoms with Gasteiger partial charge in [-0.3, -0.25) is 0 Å². The molecule has 0 aliphatic rings. The van der Waals surface area contributed by atoms with Crippen molar-refractivity contribution in [3.63, 3.8) is 0 Å². The van der Waals surface area contributed by atoms with Gasteiger partial charge in [0.1, 0.15) is 0 Å². The number of hydrogen-bond acceptors (Lipinski definition) is 6. The van der Waals surface area contributed by atoms with Gasteiger partial charge in [0, 0.05) is 0 Å². The van der Waals surface area contributed by atoms with E-state index < -0.39 is 9.84 Å². The molecule has 24 heavy (non-hydrogen) atoms. The molecule has 0 amide bonds. The normalized spacial score (nSPS) is 11.6. The molecule has 0 aromatic carbocycles. The molecule has 0 spiro atoms. The molecule has 1 aromatic heterocycles. The average molecular weight is 378 g/mol. The Morgan fingerprint density at radius 1 is 0.875 bits per heavy atom. The highest BCUT2D eigenvalue weighted by Gasteiger charge is 2.20. The Balaban J connectivity index is 2.25. The van der Waals surface area contributed by atoms with Crippen molar-refractivity contribution in [2.45, 2.75) is 76.3 Å². The number of aromatic nitrogens is 3. The highest BCUT2D eigenvalue weighted by molar-refractivity contribution is 7.91. The van der Waals surface area contributed by atoms with Gasteiger partial charge in [0.25, 0.3) is 5.16 Å². The van der Waals surface area contributed by atoms with Crippen LogP contribution in [0.1, 0.15) is 71.1 Å². The monoisotopic (exact) mass is 377 g/mol. The minimum absolute atomic E-state index is 0.0208. The summed E-state index contributed by atoms with van der Waals surface area (Å²) >= 11 is 5.69. The maximum absolute atomic E-state index is 12.2. The molecule has 0 N–H and O–H groups in total. The van der Waals surface area contributed by atoms with Crippen molar-refractivity contribution in [2.24, 2.45) is 0 Å². The van der Waals surface area contributed by atoms with Gasteiger partial charge in [0.15, 0.2) is 0 Å². The molecule has 6 nitrogen and oxygen atoms in total. The van der Waals surface area contributed by atoms with Gasteiger partial charge >= 0.3 is 6.01 Å². The van der Waals surface area contributed by atoms with Crippen LogP contribution in [0.15, 0.2) is 5.16 Å². The van der Waals surface area contributed by atoms with Crippen LogP contribution in [0.5, 0.6) is 6.01 Å². The Bertz CT molecular complexity index is 582. The van der Waals surface area contributed by atoms with Crippen molar-refractivity contribution in [3.05, 3.63) is 5.28 Å². The van der Waals surface area contributed by atoms with E-state index in [0.29, 0.717) is 6.42 Å². The number of nitrogens with zero attached hydrogens (tertiary/aromatic N) is 3. The van der Waals surface area contributed by atoms with Gasteiger partial charge < -0.3 is 4.74 Å². The number of hydrogen-bond donors (Lipinski definition) is 0. The van der Waals surface area contributed by atoms with Gasteiger partial charge in [-0.25, -0.2) is 8.42 Å². The Morgan fingerprint density at radius 3 is 1.96 bits per heavy atom. The van der Waals surface area contributed by atoms with Crippen LogP contribution in [0, 0.1) is 0 Å². The van der Waals surface area contributed by atoms with Gasteiger partial charge in [0.05, 0.1) is 12.9 Å². The predicted molar refractivity (Wildman–Crippen MR) is 95.3 cm³/mol. The van der Waals surface area contributed by atoms with Crippen molar-refractivity contribution >= 4 is 21.4 Å². The summed E-state index contributed by atoms with van der Waals surface area (Å²) in [6.07, 6.45) is 11.5. The summed E-state index contributed by atoms with van der Waals surface area (Å²) in [5.41, 5.74) is 0. The zero-order valence-electron chi connectivity index (χ0n) is 14.6. The third-order valence-electron chi connectivity index (χ3n) is 3.79. The summed E-state index contributed by atoms with van der Waals surface area (Å²) in [7, 11) is -2.20. The predicted octanol–water partition coefficient (Wildman–Crippen LogP) is 4.23. The first kappa shape index (κ1) is 21.1. The molecule has 8 heteroatoms. The summed E-state index contributed by atoms with van der Waals surface area (Å²) < 4.78 is 29.3. The number of rotatable bonds is 13. The van der Waals surface area contributed by atoms with Crippen molar-refractivity contribution in [3.8, 4) is 6.01 Å². The van der Waals surface area contributed by atoms with Gasteiger partial charge in [-0.05, 0) is 18.0 Å². The van der Waals surface area contributed by atoms with Crippen molar-refractivity contribution in [1.82, 2.24) is 15.0 Å². The van der Waals surface area contributed by atoms with Crippen LogP contribution in [0.3, 0.4) is 0 Å². The van der Waals surface area contributed by atoms with Crippen LogP contribution in [0.2, 0.25) is 5.28 Å². The van der Waals surface area contributed by atoms with Gasteiger partial charge in [-0.2, -0.15) is 15.0 Å². The lowest BCUT2D eigenvalue weighted by molar-refractivity contribution is 0.371. The molecule has 0 unspecified atom stereocenters. The molecule has 1 rings (SSSR count). The zero-order chi connectivity index (χ0) is 17.8. The molecule has 0 aliphatic heterocycles. The lowest BCUT2D eigenvalue weighted by Crippen LogP contribution is -2.12. The molecule has 1 heterocycles. The van der Waals surface area contributed by atoms with Crippen LogP contribution < -0.4 is 4.74 Å². The number of sulfone groups is 1. The summed E-state index contributed by atoms with van der Waals surface area (Å²) in [6.45, 7) is 2.22. The van der Waals surface area contributed by atoms with E-state index in [1.165, 1.54) is 45.6 Å². The largest absolute Gasteiger partial charge is 0.467 e. The maximum Gasteiger partial charge on any atom is 0.321 e. The van der Waals surface area contributed by atoms with E-state index in [2.05, 4.69) is 21.9 Å². The second-order valence-corrected chi connectivity index (χ2v) is 8.22. The van der Waals surface area contributed by atoms with E-state index in [0.717, 1.165) is 19.3 Å². The van der Waals surface area contributed by atoms with Crippen molar-refractivity contribution in [2.75, 3.05) is 12.9 Å². The van der Waals surface area contributed by atoms with Crippen LogP contribution in [-0.4, -0.2) is 36.2 Å². The van der Waals surface area contributed by atoms with E-state index in [-0.39, 0.29) is 22.2 Å². The molecule has 0 bridgehead atoms. The number of ether oxygens (including phenoxy) is 1. The molecule has 0 aliphatic carbocycles. The fraction of sp³-hybridized carbons (Fsp3) is 0.812. The van der Waals surface area contributed by atoms with Gasteiger partial charge in [-0.1, -0.05) is 64.7 Å². The van der Waals surface area contributed by atoms with Gasteiger partial charge in [-0.15, -0.1) is 0 Å². The van der Waals surface area contributed by atoms with Crippen molar-refractivity contribution < 1.29 is 13.2 Å². The molecule has 138 valence electrons. The Kier molecular flexibility index (Phi) is 10.2. The van der Waals surface area contributed by atoms with E-state index in [1.54, 1.807) is 0 Å². The fourth-order valence-electron chi connectivity index (χ4n) is 2.42.